The molecule has 0 atom stereocenters. The first-order valence-corrected chi connectivity index (χ1v) is 6.94. The van der Waals surface area contributed by atoms with Gasteiger partial charge in [0.1, 0.15) is 12.4 Å². The number of carboxylic acids is 1. The van der Waals surface area contributed by atoms with Crippen molar-refractivity contribution >= 4 is 11.7 Å². The highest BCUT2D eigenvalue weighted by molar-refractivity contribution is 5.87. The van der Waals surface area contributed by atoms with Crippen LogP contribution >= 0.6 is 0 Å². The van der Waals surface area contributed by atoms with E-state index in [1.54, 1.807) is 12.1 Å². The molecular weight excluding hydrogens is 266 g/mol. The Bertz CT molecular complexity index is 664. The summed E-state index contributed by atoms with van der Waals surface area (Å²) in [6.45, 7) is 4.30. The Labute approximate surface area is 123 Å². The number of aryl methyl sites for hydroxylation is 1. The summed E-state index contributed by atoms with van der Waals surface area (Å²) in [6, 6.07) is 13.2. The maximum atomic E-state index is 10.9. The molecule has 0 saturated carbocycles. The van der Waals surface area contributed by atoms with Gasteiger partial charge in [-0.3, -0.25) is 0 Å². The topological polar surface area (TPSA) is 49.8 Å². The molecule has 0 amide bonds. The SMILES string of the molecule is Cc1ccc2c(c1)OCCN2Cc1ccc(C(=O)O)cc1. The Morgan fingerprint density at radius 2 is 2.00 bits per heavy atom. The van der Waals surface area contributed by atoms with E-state index < -0.39 is 5.97 Å². The Morgan fingerprint density at radius 3 is 2.71 bits per heavy atom. The fraction of sp³-hybridized carbons (Fsp3) is 0.235. The highest BCUT2D eigenvalue weighted by atomic mass is 16.5. The van der Waals surface area contributed by atoms with E-state index in [-0.39, 0.29) is 0 Å². The van der Waals surface area contributed by atoms with Gasteiger partial charge in [0.15, 0.2) is 0 Å². The number of ether oxygens (including phenoxy) is 1. The zero-order valence-electron chi connectivity index (χ0n) is 11.9. The molecule has 2 aromatic carbocycles. The lowest BCUT2D eigenvalue weighted by molar-refractivity contribution is 0.0697. The number of carboxylic acid groups (broad SMARTS) is 1. The zero-order valence-corrected chi connectivity index (χ0v) is 11.9. The summed E-state index contributed by atoms with van der Waals surface area (Å²) in [6.07, 6.45) is 0. The molecule has 1 N–H and O–H groups in total. The summed E-state index contributed by atoms with van der Waals surface area (Å²) in [5.74, 6) is 0.0251. The van der Waals surface area contributed by atoms with Crippen LogP contribution in [0.25, 0.3) is 0 Å². The third-order valence-corrected chi connectivity index (χ3v) is 3.65. The molecule has 0 bridgehead atoms. The molecule has 1 aliphatic heterocycles. The lowest BCUT2D eigenvalue weighted by Gasteiger charge is -2.31. The van der Waals surface area contributed by atoms with Crippen molar-refractivity contribution in [1.82, 2.24) is 0 Å². The second kappa shape index (κ2) is 5.48. The van der Waals surface area contributed by atoms with Gasteiger partial charge in [-0.05, 0) is 42.3 Å². The maximum Gasteiger partial charge on any atom is 0.335 e. The number of hydrogen-bond acceptors (Lipinski definition) is 3. The molecule has 1 heterocycles. The number of carbonyl (C=O) groups is 1. The van der Waals surface area contributed by atoms with Crippen LogP contribution in [0.3, 0.4) is 0 Å². The average Bonchev–Trinajstić information content (AvgIpc) is 2.47. The standard InChI is InChI=1S/C17H17NO3/c1-12-2-7-15-16(10-12)21-9-8-18(15)11-13-3-5-14(6-4-13)17(19)20/h2-7,10H,8-9,11H2,1H3,(H,19,20). The van der Waals surface area contributed by atoms with Gasteiger partial charge in [-0.25, -0.2) is 4.79 Å². The first kappa shape index (κ1) is 13.5. The molecule has 4 nitrogen and oxygen atoms in total. The van der Waals surface area contributed by atoms with Crippen molar-refractivity contribution in [2.75, 3.05) is 18.1 Å². The van der Waals surface area contributed by atoms with Crippen LogP contribution in [0.2, 0.25) is 0 Å². The Morgan fingerprint density at radius 1 is 1.24 bits per heavy atom. The van der Waals surface area contributed by atoms with Gasteiger partial charge in [-0.1, -0.05) is 18.2 Å². The fourth-order valence-electron chi connectivity index (χ4n) is 2.52. The summed E-state index contributed by atoms with van der Waals surface area (Å²) < 4.78 is 5.70. The van der Waals surface area contributed by atoms with Crippen LogP contribution in [0, 0.1) is 6.92 Å². The number of nitrogens with zero attached hydrogens (tertiary/aromatic N) is 1. The molecule has 3 rings (SSSR count). The van der Waals surface area contributed by atoms with Gasteiger partial charge in [-0.2, -0.15) is 0 Å². The third-order valence-electron chi connectivity index (χ3n) is 3.65. The van der Waals surface area contributed by atoms with Crippen molar-refractivity contribution in [2.24, 2.45) is 0 Å². The molecule has 0 spiro atoms. The first-order valence-electron chi connectivity index (χ1n) is 6.94. The normalized spacial score (nSPS) is 13.5. The van der Waals surface area contributed by atoms with Crippen LogP contribution in [-0.4, -0.2) is 24.2 Å². The zero-order chi connectivity index (χ0) is 14.8. The second-order valence-electron chi connectivity index (χ2n) is 5.24. The molecular formula is C17H17NO3. The van der Waals surface area contributed by atoms with Gasteiger partial charge in [-0.15, -0.1) is 0 Å². The summed E-state index contributed by atoms with van der Waals surface area (Å²) in [4.78, 5) is 13.1. The monoisotopic (exact) mass is 283 g/mol. The molecule has 4 heteroatoms. The Balaban J connectivity index is 1.81. The van der Waals surface area contributed by atoms with E-state index in [0.29, 0.717) is 12.2 Å². The first-order chi connectivity index (χ1) is 10.1. The lowest BCUT2D eigenvalue weighted by atomic mass is 10.1. The second-order valence-corrected chi connectivity index (χ2v) is 5.24. The van der Waals surface area contributed by atoms with E-state index in [4.69, 9.17) is 9.84 Å². The molecule has 1 aliphatic rings. The molecule has 0 unspecified atom stereocenters. The molecule has 108 valence electrons. The van der Waals surface area contributed by atoms with Crippen LogP contribution in [0.4, 0.5) is 5.69 Å². The smallest absolute Gasteiger partial charge is 0.335 e. The van der Waals surface area contributed by atoms with Gasteiger partial charge in [0.2, 0.25) is 0 Å². The van der Waals surface area contributed by atoms with E-state index in [2.05, 4.69) is 23.1 Å². The molecule has 0 fully saturated rings. The van der Waals surface area contributed by atoms with Crippen molar-refractivity contribution in [3.8, 4) is 5.75 Å². The van der Waals surface area contributed by atoms with Crippen LogP contribution in [0.5, 0.6) is 5.75 Å². The lowest BCUT2D eigenvalue weighted by Crippen LogP contribution is -2.32. The predicted molar refractivity (Wildman–Crippen MR) is 81.1 cm³/mol. The molecule has 0 aromatic heterocycles. The van der Waals surface area contributed by atoms with Gasteiger partial charge in [0.05, 0.1) is 17.8 Å². The number of anilines is 1. The summed E-state index contributed by atoms with van der Waals surface area (Å²) in [7, 11) is 0. The van der Waals surface area contributed by atoms with Crippen LogP contribution in [0.15, 0.2) is 42.5 Å². The van der Waals surface area contributed by atoms with E-state index >= 15 is 0 Å². The van der Waals surface area contributed by atoms with Crippen molar-refractivity contribution in [2.45, 2.75) is 13.5 Å². The van der Waals surface area contributed by atoms with Gasteiger partial charge in [0.25, 0.3) is 0 Å². The predicted octanol–water partition coefficient (Wildman–Crippen LogP) is 3.09. The molecule has 0 saturated heterocycles. The molecule has 21 heavy (non-hydrogen) atoms. The summed E-state index contributed by atoms with van der Waals surface area (Å²) >= 11 is 0. The van der Waals surface area contributed by atoms with Crippen molar-refractivity contribution in [1.29, 1.82) is 0 Å². The van der Waals surface area contributed by atoms with Gasteiger partial charge < -0.3 is 14.7 Å². The van der Waals surface area contributed by atoms with E-state index in [1.807, 2.05) is 19.1 Å². The highest BCUT2D eigenvalue weighted by Crippen LogP contribution is 2.33. The van der Waals surface area contributed by atoms with E-state index in [1.165, 1.54) is 5.56 Å². The molecule has 2 aromatic rings. The largest absolute Gasteiger partial charge is 0.490 e. The minimum atomic E-state index is -0.895. The van der Waals surface area contributed by atoms with Gasteiger partial charge in [0, 0.05) is 6.54 Å². The number of hydrogen-bond donors (Lipinski definition) is 1. The number of rotatable bonds is 3. The summed E-state index contributed by atoms with van der Waals surface area (Å²) in [5, 5.41) is 8.93. The van der Waals surface area contributed by atoms with E-state index in [9.17, 15) is 4.79 Å². The quantitative estimate of drug-likeness (QED) is 0.940. The Hall–Kier alpha value is -2.49. The average molecular weight is 283 g/mol. The van der Waals surface area contributed by atoms with Crippen molar-refractivity contribution < 1.29 is 14.6 Å². The van der Waals surface area contributed by atoms with Crippen LogP contribution in [0.1, 0.15) is 21.5 Å². The van der Waals surface area contributed by atoms with E-state index in [0.717, 1.165) is 30.1 Å². The minimum Gasteiger partial charge on any atom is -0.490 e. The van der Waals surface area contributed by atoms with Crippen LogP contribution < -0.4 is 9.64 Å². The molecule has 0 aliphatic carbocycles. The fourth-order valence-corrected chi connectivity index (χ4v) is 2.52. The van der Waals surface area contributed by atoms with Crippen molar-refractivity contribution in [3.63, 3.8) is 0 Å². The number of benzene rings is 2. The third kappa shape index (κ3) is 2.84. The molecule has 0 radical (unpaired) electrons. The number of aromatic carboxylic acids is 1. The van der Waals surface area contributed by atoms with Crippen LogP contribution in [-0.2, 0) is 6.54 Å². The highest BCUT2D eigenvalue weighted by Gasteiger charge is 2.18. The summed E-state index contributed by atoms with van der Waals surface area (Å²) in [5.41, 5.74) is 3.68. The minimum absolute atomic E-state index is 0.316. The number of fused-ring (bicyclic) bond motifs is 1. The Kier molecular flexibility index (Phi) is 3.52. The van der Waals surface area contributed by atoms with Gasteiger partial charge >= 0.3 is 5.97 Å². The maximum absolute atomic E-state index is 10.9. The van der Waals surface area contributed by atoms with Crippen molar-refractivity contribution in [3.05, 3.63) is 59.2 Å².